The standard InChI is InChI=1S/C12H12F3N3O/c13-12(14,15)11(6-2-1-3-7(16)4-6)8-5-9(8)19-10(17)18-11/h1-4,8-9H,5,16H2,(H2,17,18)/t8-,9?,11+/m0/s1. The number of alkyl halides is 3. The number of ether oxygens (including phenoxy) is 1. The highest BCUT2D eigenvalue weighted by atomic mass is 19.4. The highest BCUT2D eigenvalue weighted by Gasteiger charge is 2.70. The van der Waals surface area contributed by atoms with Crippen LogP contribution in [-0.4, -0.2) is 18.3 Å². The Hall–Kier alpha value is -1.92. The monoisotopic (exact) mass is 271 g/mol. The van der Waals surface area contributed by atoms with Crippen LogP contribution in [-0.2, 0) is 10.3 Å². The first kappa shape index (κ1) is 12.1. The molecule has 1 aliphatic carbocycles. The maximum atomic E-state index is 13.6. The van der Waals surface area contributed by atoms with Crippen LogP contribution in [0.3, 0.4) is 0 Å². The number of hydrogen-bond donors (Lipinski definition) is 2. The van der Waals surface area contributed by atoms with Gasteiger partial charge in [0.1, 0.15) is 6.10 Å². The number of aliphatic imine (C=N–C) groups is 1. The molecule has 4 nitrogen and oxygen atoms in total. The summed E-state index contributed by atoms with van der Waals surface area (Å²) in [4.78, 5) is 3.61. The first-order valence-corrected chi connectivity index (χ1v) is 5.79. The first-order valence-electron chi connectivity index (χ1n) is 5.79. The van der Waals surface area contributed by atoms with Gasteiger partial charge in [-0.25, -0.2) is 4.99 Å². The lowest BCUT2D eigenvalue weighted by atomic mass is 9.84. The molecule has 102 valence electrons. The molecule has 0 amide bonds. The van der Waals surface area contributed by atoms with Crippen molar-refractivity contribution < 1.29 is 17.9 Å². The molecule has 1 heterocycles. The summed E-state index contributed by atoms with van der Waals surface area (Å²) in [6.45, 7) is 0. The van der Waals surface area contributed by atoms with Crippen molar-refractivity contribution in [2.45, 2.75) is 24.2 Å². The van der Waals surface area contributed by atoms with E-state index in [9.17, 15) is 13.2 Å². The summed E-state index contributed by atoms with van der Waals surface area (Å²) < 4.78 is 45.9. The molecule has 3 atom stereocenters. The van der Waals surface area contributed by atoms with Crippen molar-refractivity contribution in [1.29, 1.82) is 0 Å². The van der Waals surface area contributed by atoms with E-state index in [1.807, 2.05) is 0 Å². The Bertz CT molecular complexity index is 557. The molecule has 7 heteroatoms. The Balaban J connectivity index is 2.21. The normalized spacial score (nSPS) is 33.1. The van der Waals surface area contributed by atoms with E-state index in [2.05, 4.69) is 4.99 Å². The van der Waals surface area contributed by atoms with Gasteiger partial charge in [-0.2, -0.15) is 13.2 Å². The van der Waals surface area contributed by atoms with Crippen LogP contribution in [0.1, 0.15) is 12.0 Å². The minimum absolute atomic E-state index is 0.0127. The summed E-state index contributed by atoms with van der Waals surface area (Å²) >= 11 is 0. The molecule has 0 aromatic heterocycles. The molecule has 19 heavy (non-hydrogen) atoms. The molecule has 2 aliphatic rings. The predicted molar refractivity (Wildman–Crippen MR) is 63.2 cm³/mol. The third-order valence-electron chi connectivity index (χ3n) is 3.59. The zero-order valence-electron chi connectivity index (χ0n) is 9.82. The number of nitrogens with zero attached hydrogens (tertiary/aromatic N) is 1. The fraction of sp³-hybridized carbons (Fsp3) is 0.417. The fourth-order valence-corrected chi connectivity index (χ4v) is 2.67. The lowest BCUT2D eigenvalue weighted by molar-refractivity contribution is -0.200. The fourth-order valence-electron chi connectivity index (χ4n) is 2.67. The number of halogens is 3. The molecule has 1 fully saturated rings. The van der Waals surface area contributed by atoms with Gasteiger partial charge in [-0.15, -0.1) is 0 Å². The van der Waals surface area contributed by atoms with Crippen molar-refractivity contribution in [3.8, 4) is 0 Å². The van der Waals surface area contributed by atoms with E-state index < -0.39 is 29.8 Å². The highest BCUT2D eigenvalue weighted by molar-refractivity contribution is 5.74. The molecule has 0 radical (unpaired) electrons. The van der Waals surface area contributed by atoms with E-state index in [-0.39, 0.29) is 11.3 Å². The second kappa shape index (κ2) is 3.55. The summed E-state index contributed by atoms with van der Waals surface area (Å²) in [5, 5.41) is 0. The summed E-state index contributed by atoms with van der Waals surface area (Å²) in [6.07, 6.45) is -4.77. The molecule has 1 aliphatic heterocycles. The molecule has 1 aromatic carbocycles. The molecular formula is C12H12F3N3O. The van der Waals surface area contributed by atoms with Crippen molar-refractivity contribution in [1.82, 2.24) is 0 Å². The second-order valence-electron chi connectivity index (χ2n) is 4.84. The number of fused-ring (bicyclic) bond motifs is 1. The number of nitrogen functional groups attached to an aromatic ring is 1. The lowest BCUT2D eigenvalue weighted by Gasteiger charge is -2.35. The smallest absolute Gasteiger partial charge is 0.418 e. The Kier molecular flexibility index (Phi) is 2.27. The molecular weight excluding hydrogens is 259 g/mol. The third kappa shape index (κ3) is 1.64. The summed E-state index contributed by atoms with van der Waals surface area (Å²) in [6, 6.07) is 5.27. The van der Waals surface area contributed by atoms with Crippen LogP contribution in [0.5, 0.6) is 0 Å². The minimum atomic E-state index is -4.55. The molecule has 1 saturated carbocycles. The van der Waals surface area contributed by atoms with E-state index in [1.165, 1.54) is 24.3 Å². The van der Waals surface area contributed by atoms with Gasteiger partial charge < -0.3 is 16.2 Å². The molecule has 3 rings (SSSR count). The van der Waals surface area contributed by atoms with Crippen molar-refractivity contribution in [2.75, 3.05) is 5.73 Å². The summed E-state index contributed by atoms with van der Waals surface area (Å²) in [7, 11) is 0. The number of amidine groups is 1. The maximum Gasteiger partial charge on any atom is 0.418 e. The Morgan fingerprint density at radius 1 is 1.32 bits per heavy atom. The van der Waals surface area contributed by atoms with Crippen LogP contribution in [0.25, 0.3) is 0 Å². The van der Waals surface area contributed by atoms with Crippen LogP contribution in [0, 0.1) is 5.92 Å². The Morgan fingerprint density at radius 3 is 2.68 bits per heavy atom. The molecule has 1 aromatic rings. The van der Waals surface area contributed by atoms with Gasteiger partial charge in [-0.1, -0.05) is 12.1 Å². The summed E-state index contributed by atoms with van der Waals surface area (Å²) in [5.41, 5.74) is 8.92. The van der Waals surface area contributed by atoms with E-state index in [1.54, 1.807) is 0 Å². The van der Waals surface area contributed by atoms with E-state index >= 15 is 0 Å². The van der Waals surface area contributed by atoms with Crippen molar-refractivity contribution >= 4 is 11.7 Å². The van der Waals surface area contributed by atoms with Gasteiger partial charge in [-0.05, 0) is 24.1 Å². The van der Waals surface area contributed by atoms with Gasteiger partial charge in [0.25, 0.3) is 6.02 Å². The van der Waals surface area contributed by atoms with Gasteiger partial charge in [-0.3, -0.25) is 0 Å². The first-order chi connectivity index (χ1) is 8.84. The van der Waals surface area contributed by atoms with Crippen molar-refractivity contribution in [2.24, 2.45) is 16.6 Å². The highest BCUT2D eigenvalue weighted by Crippen LogP contribution is 2.59. The topological polar surface area (TPSA) is 73.6 Å². The van der Waals surface area contributed by atoms with E-state index in [0.717, 1.165) is 0 Å². The lowest BCUT2D eigenvalue weighted by Crippen LogP contribution is -2.48. The molecule has 0 bridgehead atoms. The molecule has 4 N–H and O–H groups in total. The number of anilines is 1. The van der Waals surface area contributed by atoms with Crippen molar-refractivity contribution in [3.05, 3.63) is 29.8 Å². The largest absolute Gasteiger partial charge is 0.462 e. The Morgan fingerprint density at radius 2 is 2.05 bits per heavy atom. The molecule has 1 unspecified atom stereocenters. The summed E-state index contributed by atoms with van der Waals surface area (Å²) in [5.74, 6) is -0.735. The van der Waals surface area contributed by atoms with Crippen LogP contribution in [0.2, 0.25) is 0 Å². The van der Waals surface area contributed by atoms with Gasteiger partial charge in [0, 0.05) is 11.6 Å². The molecule has 0 saturated heterocycles. The zero-order valence-corrected chi connectivity index (χ0v) is 9.82. The maximum absolute atomic E-state index is 13.6. The van der Waals surface area contributed by atoms with Crippen LogP contribution in [0.4, 0.5) is 18.9 Å². The van der Waals surface area contributed by atoms with E-state index in [4.69, 9.17) is 16.2 Å². The number of hydrogen-bond acceptors (Lipinski definition) is 4. The predicted octanol–water partition coefficient (Wildman–Crippen LogP) is 1.76. The second-order valence-corrected chi connectivity index (χ2v) is 4.84. The van der Waals surface area contributed by atoms with Gasteiger partial charge in [0.2, 0.25) is 0 Å². The average Bonchev–Trinajstić information content (AvgIpc) is 3.05. The number of benzene rings is 1. The SMILES string of the molecule is NC1=N[C@@](c2cccc(N)c2)(C(F)(F)F)[C@H]2CC2O1. The van der Waals surface area contributed by atoms with Gasteiger partial charge in [0.15, 0.2) is 5.54 Å². The van der Waals surface area contributed by atoms with Gasteiger partial charge >= 0.3 is 6.18 Å². The van der Waals surface area contributed by atoms with Crippen molar-refractivity contribution in [3.63, 3.8) is 0 Å². The van der Waals surface area contributed by atoms with E-state index in [0.29, 0.717) is 6.42 Å². The van der Waals surface area contributed by atoms with Crippen LogP contribution < -0.4 is 11.5 Å². The average molecular weight is 271 g/mol. The molecule has 0 spiro atoms. The zero-order chi connectivity index (χ0) is 13.8. The minimum Gasteiger partial charge on any atom is -0.462 e. The van der Waals surface area contributed by atoms with Crippen LogP contribution >= 0.6 is 0 Å². The Labute approximate surface area is 107 Å². The third-order valence-corrected chi connectivity index (χ3v) is 3.59. The number of rotatable bonds is 1. The van der Waals surface area contributed by atoms with Gasteiger partial charge in [0.05, 0.1) is 0 Å². The van der Waals surface area contributed by atoms with Crippen LogP contribution in [0.15, 0.2) is 29.3 Å². The quantitative estimate of drug-likeness (QED) is 0.764. The number of nitrogens with two attached hydrogens (primary N) is 2.